The third-order valence-electron chi connectivity index (χ3n) is 4.20. The summed E-state index contributed by atoms with van der Waals surface area (Å²) in [6, 6.07) is 12.3. The second kappa shape index (κ2) is 7.39. The summed E-state index contributed by atoms with van der Waals surface area (Å²) < 4.78 is 0. The fourth-order valence-electron chi connectivity index (χ4n) is 3.10. The van der Waals surface area contributed by atoms with Gasteiger partial charge >= 0.3 is 6.03 Å². The van der Waals surface area contributed by atoms with Crippen LogP contribution in [-0.2, 0) is 0 Å². The largest absolute Gasteiger partial charge is 0.338 e. The summed E-state index contributed by atoms with van der Waals surface area (Å²) in [5, 5.41) is 5.53. The molecule has 1 aliphatic heterocycles. The van der Waals surface area contributed by atoms with E-state index in [-0.39, 0.29) is 24.4 Å². The second-order valence-electron chi connectivity index (χ2n) is 6.42. The predicted octanol–water partition coefficient (Wildman–Crippen LogP) is 3.11. The number of hydrogen-bond acceptors (Lipinski definition) is 3. The van der Waals surface area contributed by atoms with Crippen LogP contribution >= 0.6 is 0 Å². The van der Waals surface area contributed by atoms with Crippen LogP contribution in [0.5, 0.6) is 0 Å². The number of urea groups is 1. The van der Waals surface area contributed by atoms with E-state index in [2.05, 4.69) is 10.6 Å². The Hall–Kier alpha value is -3.15. The van der Waals surface area contributed by atoms with Crippen molar-refractivity contribution in [1.82, 2.24) is 10.2 Å². The van der Waals surface area contributed by atoms with E-state index in [1.807, 2.05) is 32.0 Å². The van der Waals surface area contributed by atoms with Crippen molar-refractivity contribution in [2.45, 2.75) is 20.3 Å². The molecule has 6 nitrogen and oxygen atoms in total. The van der Waals surface area contributed by atoms with Crippen molar-refractivity contribution in [3.63, 3.8) is 0 Å². The number of hydrogen-bond donors (Lipinski definition) is 2. The average Bonchev–Trinajstić information content (AvgIpc) is 2.82. The SMILES string of the molecule is Cc1cc(C)cc(NC(=O)NCCCN2C(=O)c3ccccc3C2=O)c1. The van der Waals surface area contributed by atoms with Crippen LogP contribution in [0.2, 0.25) is 0 Å². The van der Waals surface area contributed by atoms with Crippen molar-refractivity contribution < 1.29 is 14.4 Å². The molecule has 0 saturated carbocycles. The lowest BCUT2D eigenvalue weighted by molar-refractivity contribution is 0.0653. The van der Waals surface area contributed by atoms with Crippen LogP contribution in [0.15, 0.2) is 42.5 Å². The van der Waals surface area contributed by atoms with E-state index in [4.69, 9.17) is 0 Å². The van der Waals surface area contributed by atoms with Gasteiger partial charge in [0.25, 0.3) is 11.8 Å². The molecular formula is C20H21N3O3. The van der Waals surface area contributed by atoms with Gasteiger partial charge in [-0.05, 0) is 55.7 Å². The first-order valence-electron chi connectivity index (χ1n) is 8.54. The first-order chi connectivity index (χ1) is 12.5. The van der Waals surface area contributed by atoms with Gasteiger partial charge in [-0.25, -0.2) is 4.79 Å². The van der Waals surface area contributed by atoms with E-state index in [0.717, 1.165) is 16.8 Å². The van der Waals surface area contributed by atoms with Gasteiger partial charge in [-0.3, -0.25) is 14.5 Å². The Morgan fingerprint density at radius 1 is 0.962 bits per heavy atom. The summed E-state index contributed by atoms with van der Waals surface area (Å²) in [6.07, 6.45) is 0.492. The number of fused-ring (bicyclic) bond motifs is 1. The summed E-state index contributed by atoms with van der Waals surface area (Å²) in [5.41, 5.74) is 3.77. The zero-order valence-electron chi connectivity index (χ0n) is 14.8. The number of benzene rings is 2. The normalized spacial score (nSPS) is 12.9. The molecule has 134 valence electrons. The molecule has 2 aromatic carbocycles. The predicted molar refractivity (Wildman–Crippen MR) is 99.4 cm³/mol. The van der Waals surface area contributed by atoms with Crippen LogP contribution in [0.4, 0.5) is 10.5 Å². The van der Waals surface area contributed by atoms with Crippen LogP contribution < -0.4 is 10.6 Å². The molecule has 2 aromatic rings. The highest BCUT2D eigenvalue weighted by Crippen LogP contribution is 2.22. The molecule has 0 unspecified atom stereocenters. The van der Waals surface area contributed by atoms with Gasteiger partial charge in [-0.2, -0.15) is 0 Å². The minimum atomic E-state index is -0.308. The van der Waals surface area contributed by atoms with Gasteiger partial charge in [-0.15, -0.1) is 0 Å². The van der Waals surface area contributed by atoms with E-state index < -0.39 is 0 Å². The lowest BCUT2D eigenvalue weighted by Gasteiger charge is -2.14. The molecule has 0 aliphatic carbocycles. The Balaban J connectivity index is 1.47. The van der Waals surface area contributed by atoms with Crippen molar-refractivity contribution in [3.8, 4) is 0 Å². The molecule has 1 aliphatic rings. The summed E-state index contributed by atoms with van der Waals surface area (Å²) in [6.45, 7) is 4.58. The number of nitrogens with zero attached hydrogens (tertiary/aromatic N) is 1. The van der Waals surface area contributed by atoms with Gasteiger partial charge in [0.05, 0.1) is 11.1 Å². The van der Waals surface area contributed by atoms with Gasteiger partial charge in [0.2, 0.25) is 0 Å². The van der Waals surface area contributed by atoms with Crippen molar-refractivity contribution >= 4 is 23.5 Å². The number of aryl methyl sites for hydroxylation is 2. The van der Waals surface area contributed by atoms with Gasteiger partial charge in [0.1, 0.15) is 0 Å². The molecule has 0 spiro atoms. The van der Waals surface area contributed by atoms with Crippen LogP contribution in [0.25, 0.3) is 0 Å². The minimum Gasteiger partial charge on any atom is -0.338 e. The van der Waals surface area contributed by atoms with E-state index in [9.17, 15) is 14.4 Å². The Bertz CT molecular complexity index is 821. The molecule has 0 saturated heterocycles. The Labute approximate surface area is 152 Å². The first kappa shape index (κ1) is 17.7. The zero-order chi connectivity index (χ0) is 18.7. The maximum Gasteiger partial charge on any atom is 0.319 e. The van der Waals surface area contributed by atoms with E-state index in [1.54, 1.807) is 24.3 Å². The van der Waals surface area contributed by atoms with Crippen molar-refractivity contribution in [1.29, 1.82) is 0 Å². The highest BCUT2D eigenvalue weighted by Gasteiger charge is 2.34. The van der Waals surface area contributed by atoms with Crippen LogP contribution in [0.1, 0.15) is 38.3 Å². The molecule has 3 rings (SSSR count). The number of carbonyl (C=O) groups excluding carboxylic acids is 3. The molecule has 26 heavy (non-hydrogen) atoms. The second-order valence-corrected chi connectivity index (χ2v) is 6.42. The van der Waals surface area contributed by atoms with E-state index >= 15 is 0 Å². The molecule has 0 radical (unpaired) electrons. The van der Waals surface area contributed by atoms with Gasteiger partial charge < -0.3 is 10.6 Å². The molecule has 6 heteroatoms. The lowest BCUT2D eigenvalue weighted by atomic mass is 10.1. The molecule has 0 fully saturated rings. The molecule has 0 atom stereocenters. The molecule has 0 bridgehead atoms. The third-order valence-corrected chi connectivity index (χ3v) is 4.20. The first-order valence-corrected chi connectivity index (χ1v) is 8.54. The zero-order valence-corrected chi connectivity index (χ0v) is 14.8. The number of imide groups is 1. The van der Waals surface area contributed by atoms with Crippen molar-refractivity contribution in [3.05, 3.63) is 64.7 Å². The highest BCUT2D eigenvalue weighted by atomic mass is 16.2. The minimum absolute atomic E-state index is 0.273. The van der Waals surface area contributed by atoms with Crippen molar-refractivity contribution in [2.24, 2.45) is 0 Å². The number of rotatable bonds is 5. The maximum atomic E-state index is 12.2. The van der Waals surface area contributed by atoms with Gasteiger partial charge in [0, 0.05) is 18.8 Å². The maximum absolute atomic E-state index is 12.2. The Morgan fingerprint density at radius 3 is 2.12 bits per heavy atom. The lowest BCUT2D eigenvalue weighted by Crippen LogP contribution is -2.35. The number of carbonyl (C=O) groups is 3. The Kier molecular flexibility index (Phi) is 5.02. The number of nitrogens with one attached hydrogen (secondary N) is 2. The standard InChI is InChI=1S/C20H21N3O3/c1-13-10-14(2)12-15(11-13)22-20(26)21-8-5-9-23-18(24)16-6-3-4-7-17(16)19(23)25/h3-4,6-7,10-12H,5,8-9H2,1-2H3,(H2,21,22,26). The van der Waals surface area contributed by atoms with Gasteiger partial charge in [-0.1, -0.05) is 18.2 Å². The number of amides is 4. The smallest absolute Gasteiger partial charge is 0.319 e. The molecule has 1 heterocycles. The van der Waals surface area contributed by atoms with Crippen LogP contribution in [-0.4, -0.2) is 35.8 Å². The number of anilines is 1. The molecule has 2 N–H and O–H groups in total. The Morgan fingerprint density at radius 2 is 1.54 bits per heavy atom. The monoisotopic (exact) mass is 351 g/mol. The van der Waals surface area contributed by atoms with Crippen molar-refractivity contribution in [2.75, 3.05) is 18.4 Å². The van der Waals surface area contributed by atoms with E-state index in [0.29, 0.717) is 24.1 Å². The topological polar surface area (TPSA) is 78.5 Å². The molecular weight excluding hydrogens is 330 g/mol. The molecule has 0 aromatic heterocycles. The summed E-state index contributed by atoms with van der Waals surface area (Å²) in [4.78, 5) is 37.7. The van der Waals surface area contributed by atoms with Gasteiger partial charge in [0.15, 0.2) is 0 Å². The quantitative estimate of drug-likeness (QED) is 0.642. The van der Waals surface area contributed by atoms with Crippen LogP contribution in [0, 0.1) is 13.8 Å². The summed E-state index contributed by atoms with van der Waals surface area (Å²) in [5.74, 6) is -0.546. The summed E-state index contributed by atoms with van der Waals surface area (Å²) >= 11 is 0. The average molecular weight is 351 g/mol. The fraction of sp³-hybridized carbons (Fsp3) is 0.250. The third kappa shape index (κ3) is 3.74. The highest BCUT2D eigenvalue weighted by molar-refractivity contribution is 6.21. The fourth-order valence-corrected chi connectivity index (χ4v) is 3.10. The van der Waals surface area contributed by atoms with Crippen LogP contribution in [0.3, 0.4) is 0 Å². The van der Waals surface area contributed by atoms with E-state index in [1.165, 1.54) is 4.90 Å². The molecule has 4 amide bonds. The summed E-state index contributed by atoms with van der Waals surface area (Å²) in [7, 11) is 0.